The molecule has 0 aromatic heterocycles. The monoisotopic (exact) mass is 216 g/mol. The first kappa shape index (κ1) is 12.9. The van der Waals surface area contributed by atoms with Gasteiger partial charge < -0.3 is 15.6 Å². The zero-order valence-electron chi connectivity index (χ0n) is 9.91. The van der Waals surface area contributed by atoms with Gasteiger partial charge in [0.2, 0.25) is 0 Å². The number of hydrogen-bond donors (Lipinski definition) is 2. The Morgan fingerprint density at radius 1 is 1.47 bits per heavy atom. The zero-order chi connectivity index (χ0) is 11.3. The van der Waals surface area contributed by atoms with Crippen LogP contribution in [0, 0.1) is 5.92 Å². The summed E-state index contributed by atoms with van der Waals surface area (Å²) in [5.74, 6) is 0.153. The Balaban J connectivity index is 2.71. The predicted molar refractivity (Wildman–Crippen MR) is 60.7 cm³/mol. The summed E-state index contributed by atoms with van der Waals surface area (Å²) in [5.41, 5.74) is 5.74. The van der Waals surface area contributed by atoms with Crippen molar-refractivity contribution in [2.75, 3.05) is 39.5 Å². The number of morpholine rings is 1. The van der Waals surface area contributed by atoms with Crippen molar-refractivity contribution in [2.24, 2.45) is 11.7 Å². The van der Waals surface area contributed by atoms with E-state index in [1.165, 1.54) is 0 Å². The van der Waals surface area contributed by atoms with Gasteiger partial charge in [0.25, 0.3) is 0 Å². The summed E-state index contributed by atoms with van der Waals surface area (Å²) in [6.07, 6.45) is 1.01. The standard InChI is InChI=1S/C11H24N2O2/c1-3-11(2,10(8-12)9-14)13-4-6-15-7-5-13/h10,14H,3-9,12H2,1-2H3/t10-,11-/m0/s1. The van der Waals surface area contributed by atoms with E-state index in [0.29, 0.717) is 6.54 Å². The lowest BCUT2D eigenvalue weighted by Gasteiger charge is -2.47. The fourth-order valence-electron chi connectivity index (χ4n) is 2.37. The Labute approximate surface area is 92.4 Å². The third-order valence-electron chi connectivity index (χ3n) is 3.83. The molecule has 0 spiro atoms. The lowest BCUT2D eigenvalue weighted by atomic mass is 9.81. The van der Waals surface area contributed by atoms with Crippen molar-refractivity contribution in [3.05, 3.63) is 0 Å². The second kappa shape index (κ2) is 5.80. The largest absolute Gasteiger partial charge is 0.396 e. The SMILES string of the molecule is CC[C@@](C)([C@@H](CN)CO)N1CCOCC1. The van der Waals surface area contributed by atoms with Crippen LogP contribution >= 0.6 is 0 Å². The van der Waals surface area contributed by atoms with Gasteiger partial charge in [-0.05, 0) is 19.9 Å². The van der Waals surface area contributed by atoms with Crippen molar-refractivity contribution in [1.82, 2.24) is 4.90 Å². The Morgan fingerprint density at radius 2 is 2.07 bits per heavy atom. The second-order valence-corrected chi connectivity index (χ2v) is 4.43. The highest BCUT2D eigenvalue weighted by atomic mass is 16.5. The summed E-state index contributed by atoms with van der Waals surface area (Å²) in [6.45, 7) is 8.54. The Kier molecular flexibility index (Phi) is 4.99. The van der Waals surface area contributed by atoms with Gasteiger partial charge in [-0.25, -0.2) is 0 Å². The Hall–Kier alpha value is -0.160. The van der Waals surface area contributed by atoms with Gasteiger partial charge >= 0.3 is 0 Å². The van der Waals surface area contributed by atoms with Gasteiger partial charge in [-0.3, -0.25) is 4.90 Å². The number of nitrogens with zero attached hydrogens (tertiary/aromatic N) is 1. The molecule has 1 rings (SSSR count). The molecule has 0 unspecified atom stereocenters. The van der Waals surface area contributed by atoms with Crippen LogP contribution in [0.15, 0.2) is 0 Å². The van der Waals surface area contributed by atoms with Gasteiger partial charge in [0.15, 0.2) is 0 Å². The molecule has 0 aliphatic carbocycles. The van der Waals surface area contributed by atoms with Crippen LogP contribution in [0.1, 0.15) is 20.3 Å². The normalized spacial score (nSPS) is 24.8. The van der Waals surface area contributed by atoms with E-state index in [9.17, 15) is 5.11 Å². The summed E-state index contributed by atoms with van der Waals surface area (Å²) in [4.78, 5) is 2.41. The first-order chi connectivity index (χ1) is 7.19. The topological polar surface area (TPSA) is 58.7 Å². The molecule has 1 aliphatic heterocycles. The van der Waals surface area contributed by atoms with E-state index in [-0.39, 0.29) is 18.1 Å². The van der Waals surface area contributed by atoms with E-state index in [4.69, 9.17) is 10.5 Å². The molecular weight excluding hydrogens is 192 g/mol. The molecule has 1 fully saturated rings. The van der Waals surface area contributed by atoms with Crippen molar-refractivity contribution >= 4 is 0 Å². The van der Waals surface area contributed by atoms with E-state index < -0.39 is 0 Å². The number of aliphatic hydroxyl groups excluding tert-OH is 1. The van der Waals surface area contributed by atoms with E-state index in [1.54, 1.807) is 0 Å². The van der Waals surface area contributed by atoms with Crippen molar-refractivity contribution in [3.8, 4) is 0 Å². The Bertz CT molecular complexity index is 179. The van der Waals surface area contributed by atoms with Crippen LogP contribution in [-0.2, 0) is 4.74 Å². The number of hydrogen-bond acceptors (Lipinski definition) is 4. The maximum atomic E-state index is 9.39. The van der Waals surface area contributed by atoms with Gasteiger partial charge in [0, 0.05) is 31.2 Å². The Morgan fingerprint density at radius 3 is 2.47 bits per heavy atom. The predicted octanol–water partition coefficient (Wildman–Crippen LogP) is 0.0545. The molecule has 1 heterocycles. The van der Waals surface area contributed by atoms with E-state index in [1.807, 2.05) is 0 Å². The third-order valence-corrected chi connectivity index (χ3v) is 3.83. The van der Waals surface area contributed by atoms with E-state index in [2.05, 4.69) is 18.7 Å². The minimum atomic E-state index is 0.00722. The van der Waals surface area contributed by atoms with Gasteiger partial charge in [-0.2, -0.15) is 0 Å². The smallest absolute Gasteiger partial charge is 0.0594 e. The average molecular weight is 216 g/mol. The maximum Gasteiger partial charge on any atom is 0.0594 e. The number of aliphatic hydroxyl groups is 1. The molecule has 0 radical (unpaired) electrons. The lowest BCUT2D eigenvalue weighted by Crippen LogP contribution is -2.57. The summed E-state index contributed by atoms with van der Waals surface area (Å²) in [7, 11) is 0. The summed E-state index contributed by atoms with van der Waals surface area (Å²) < 4.78 is 5.35. The van der Waals surface area contributed by atoms with Crippen LogP contribution in [-0.4, -0.2) is 55.0 Å². The molecule has 4 nitrogen and oxygen atoms in total. The second-order valence-electron chi connectivity index (χ2n) is 4.43. The number of ether oxygens (including phenoxy) is 1. The molecule has 0 bridgehead atoms. The first-order valence-electron chi connectivity index (χ1n) is 5.82. The highest BCUT2D eigenvalue weighted by molar-refractivity contribution is 4.92. The fraction of sp³-hybridized carbons (Fsp3) is 1.00. The van der Waals surface area contributed by atoms with Gasteiger partial charge in [-0.1, -0.05) is 6.92 Å². The van der Waals surface area contributed by atoms with Crippen LogP contribution in [0.2, 0.25) is 0 Å². The van der Waals surface area contributed by atoms with Crippen molar-refractivity contribution < 1.29 is 9.84 Å². The molecule has 1 aliphatic rings. The summed E-state index contributed by atoms with van der Waals surface area (Å²) in [6, 6.07) is 0. The van der Waals surface area contributed by atoms with Gasteiger partial charge in [0.1, 0.15) is 0 Å². The highest BCUT2D eigenvalue weighted by Gasteiger charge is 2.37. The first-order valence-corrected chi connectivity index (χ1v) is 5.82. The average Bonchev–Trinajstić information content (AvgIpc) is 2.31. The fourth-order valence-corrected chi connectivity index (χ4v) is 2.37. The maximum absolute atomic E-state index is 9.39. The molecule has 0 aromatic carbocycles. The molecule has 0 aromatic rings. The molecule has 15 heavy (non-hydrogen) atoms. The summed E-state index contributed by atoms with van der Waals surface area (Å²) in [5, 5.41) is 9.39. The van der Waals surface area contributed by atoms with Crippen molar-refractivity contribution in [2.45, 2.75) is 25.8 Å². The van der Waals surface area contributed by atoms with Gasteiger partial charge in [0.05, 0.1) is 13.2 Å². The van der Waals surface area contributed by atoms with Crippen LogP contribution in [0.4, 0.5) is 0 Å². The zero-order valence-corrected chi connectivity index (χ0v) is 9.91. The van der Waals surface area contributed by atoms with Crippen LogP contribution in [0.25, 0.3) is 0 Å². The summed E-state index contributed by atoms with van der Waals surface area (Å²) >= 11 is 0. The molecule has 90 valence electrons. The number of nitrogens with two attached hydrogens (primary N) is 1. The molecule has 4 heteroatoms. The van der Waals surface area contributed by atoms with E-state index in [0.717, 1.165) is 32.7 Å². The van der Waals surface area contributed by atoms with Gasteiger partial charge in [-0.15, -0.1) is 0 Å². The molecule has 3 N–H and O–H groups in total. The third kappa shape index (κ3) is 2.69. The lowest BCUT2D eigenvalue weighted by molar-refractivity contribution is -0.0494. The molecule has 2 atom stereocenters. The van der Waals surface area contributed by atoms with Crippen molar-refractivity contribution in [3.63, 3.8) is 0 Å². The highest BCUT2D eigenvalue weighted by Crippen LogP contribution is 2.28. The van der Waals surface area contributed by atoms with Crippen LogP contribution in [0.5, 0.6) is 0 Å². The number of rotatable bonds is 5. The molecule has 0 amide bonds. The molecular formula is C11H24N2O2. The quantitative estimate of drug-likeness (QED) is 0.682. The van der Waals surface area contributed by atoms with Crippen LogP contribution < -0.4 is 5.73 Å². The van der Waals surface area contributed by atoms with Crippen LogP contribution in [0.3, 0.4) is 0 Å². The minimum absolute atomic E-state index is 0.00722. The minimum Gasteiger partial charge on any atom is -0.396 e. The molecule has 0 saturated carbocycles. The van der Waals surface area contributed by atoms with Crippen molar-refractivity contribution in [1.29, 1.82) is 0 Å². The molecule has 1 saturated heterocycles. The van der Waals surface area contributed by atoms with E-state index >= 15 is 0 Å².